The van der Waals surface area contributed by atoms with E-state index in [-0.39, 0.29) is 0 Å². The molecule has 24 heavy (non-hydrogen) atoms. The van der Waals surface area contributed by atoms with E-state index in [1.165, 1.54) is 12.4 Å². The lowest BCUT2D eigenvalue weighted by molar-refractivity contribution is 0.242. The van der Waals surface area contributed by atoms with Gasteiger partial charge in [0, 0.05) is 0 Å². The number of hydrogen-bond acceptors (Lipinski definition) is 3. The number of hydrogen-bond donors (Lipinski definition) is 2. The van der Waals surface area contributed by atoms with Crippen molar-refractivity contribution >= 4 is 64.9 Å². The lowest BCUT2D eigenvalue weighted by Crippen LogP contribution is -2.28. The second kappa shape index (κ2) is 8.89. The summed E-state index contributed by atoms with van der Waals surface area (Å²) in [5, 5.41) is 9.21. The highest BCUT2D eigenvalue weighted by Crippen LogP contribution is 2.22. The smallest absolute Gasteiger partial charge is 0.245 e. The number of nitrogens with one attached hydrogen (secondary N) is 2. The highest BCUT2D eigenvalue weighted by Gasteiger charge is 1.99. The molecule has 5 nitrogen and oxygen atoms in total. The second-order valence-electron chi connectivity index (χ2n) is 4.42. The summed E-state index contributed by atoms with van der Waals surface area (Å²) in [6, 6.07) is 9.31. The van der Waals surface area contributed by atoms with Gasteiger partial charge in [-0.1, -0.05) is 58.5 Å². The van der Waals surface area contributed by atoms with Crippen molar-refractivity contribution in [3.63, 3.8) is 0 Å². The Morgan fingerprint density at radius 3 is 1.54 bits per heavy atom. The van der Waals surface area contributed by atoms with E-state index in [0.717, 1.165) is 0 Å². The van der Waals surface area contributed by atoms with E-state index >= 15 is 0 Å². The molecule has 0 atom stereocenters. The Hall–Kier alpha value is -1.79. The van der Waals surface area contributed by atoms with E-state index in [1.54, 1.807) is 36.4 Å². The number of carbonyl (C=O) groups is 1. The van der Waals surface area contributed by atoms with Crippen molar-refractivity contribution in [1.29, 1.82) is 0 Å². The van der Waals surface area contributed by atoms with Crippen LogP contribution in [0.25, 0.3) is 0 Å². The third kappa shape index (κ3) is 5.69. The lowest BCUT2D eigenvalue weighted by Gasteiger charge is -2.00. The van der Waals surface area contributed by atoms with Gasteiger partial charge in [0.2, 0.25) is 0 Å². The third-order valence-corrected chi connectivity index (χ3v) is 4.12. The maximum Gasteiger partial charge on any atom is 0.355 e. The SMILES string of the molecule is O=C(NN=Cc1ccc(Cl)c(Cl)c1)N/N=C/c1ccc(Cl)c(Cl)c1. The molecule has 0 fully saturated rings. The standard InChI is InChI=1S/C15H10Cl4N4O/c16-11-3-1-9(5-13(11)18)7-20-22-15(24)23-21-8-10-2-4-12(17)14(19)6-10/h1-8H,(H2,22,23,24)/b20-7+,21-8?. The van der Waals surface area contributed by atoms with Crippen LogP contribution in [0.4, 0.5) is 4.79 Å². The van der Waals surface area contributed by atoms with Crippen LogP contribution in [0.2, 0.25) is 20.1 Å². The molecular formula is C15H10Cl4N4O. The van der Waals surface area contributed by atoms with Gasteiger partial charge in [0.25, 0.3) is 0 Å². The lowest BCUT2D eigenvalue weighted by atomic mass is 10.2. The van der Waals surface area contributed by atoms with E-state index in [0.29, 0.717) is 31.2 Å². The van der Waals surface area contributed by atoms with Crippen molar-refractivity contribution in [3.8, 4) is 0 Å². The summed E-state index contributed by atoms with van der Waals surface area (Å²) in [7, 11) is 0. The monoisotopic (exact) mass is 402 g/mol. The first-order valence-corrected chi connectivity index (χ1v) is 7.99. The first-order valence-electron chi connectivity index (χ1n) is 6.48. The average Bonchev–Trinajstić information content (AvgIpc) is 2.54. The van der Waals surface area contributed by atoms with Crippen molar-refractivity contribution in [3.05, 3.63) is 67.6 Å². The van der Waals surface area contributed by atoms with E-state index in [2.05, 4.69) is 21.1 Å². The zero-order valence-corrected chi connectivity index (χ0v) is 15.0. The molecule has 2 amide bonds. The highest BCUT2D eigenvalue weighted by molar-refractivity contribution is 6.42. The minimum Gasteiger partial charge on any atom is -0.245 e. The van der Waals surface area contributed by atoms with Gasteiger partial charge in [-0.2, -0.15) is 10.2 Å². The second-order valence-corrected chi connectivity index (χ2v) is 6.05. The van der Waals surface area contributed by atoms with Gasteiger partial charge in [0.1, 0.15) is 0 Å². The molecule has 0 bridgehead atoms. The molecule has 124 valence electrons. The van der Waals surface area contributed by atoms with Gasteiger partial charge in [-0.3, -0.25) is 0 Å². The molecule has 2 aromatic rings. The van der Waals surface area contributed by atoms with Crippen LogP contribution in [0.15, 0.2) is 46.6 Å². The number of urea groups is 1. The number of benzene rings is 2. The van der Waals surface area contributed by atoms with E-state index < -0.39 is 6.03 Å². The third-order valence-electron chi connectivity index (χ3n) is 2.65. The molecule has 9 heteroatoms. The Morgan fingerprint density at radius 2 is 1.17 bits per heavy atom. The molecule has 0 aromatic heterocycles. The van der Waals surface area contributed by atoms with Crippen LogP contribution >= 0.6 is 46.4 Å². The summed E-state index contributed by atoms with van der Waals surface area (Å²) in [5.74, 6) is 0. The largest absolute Gasteiger partial charge is 0.355 e. The zero-order valence-electron chi connectivity index (χ0n) is 11.9. The fraction of sp³-hybridized carbons (Fsp3) is 0. The van der Waals surface area contributed by atoms with E-state index in [4.69, 9.17) is 46.4 Å². The molecular weight excluding hydrogens is 394 g/mol. The first kappa shape index (κ1) is 18.5. The van der Waals surface area contributed by atoms with Crippen LogP contribution in [0.1, 0.15) is 11.1 Å². The fourth-order valence-electron chi connectivity index (χ4n) is 1.54. The van der Waals surface area contributed by atoms with Crippen molar-refractivity contribution < 1.29 is 4.79 Å². The highest BCUT2D eigenvalue weighted by atomic mass is 35.5. The summed E-state index contributed by atoms with van der Waals surface area (Å²) >= 11 is 23.4. The quantitative estimate of drug-likeness (QED) is 0.549. The summed E-state index contributed by atoms with van der Waals surface area (Å²) < 4.78 is 0. The maximum absolute atomic E-state index is 11.5. The Kier molecular flexibility index (Phi) is 6.87. The first-order chi connectivity index (χ1) is 11.5. The topological polar surface area (TPSA) is 65.8 Å². The number of nitrogens with zero attached hydrogens (tertiary/aromatic N) is 2. The Balaban J connectivity index is 1.84. The van der Waals surface area contributed by atoms with Crippen LogP contribution in [0.3, 0.4) is 0 Å². The molecule has 2 N–H and O–H groups in total. The van der Waals surface area contributed by atoms with Gasteiger partial charge >= 0.3 is 6.03 Å². The van der Waals surface area contributed by atoms with Crippen LogP contribution < -0.4 is 10.9 Å². The molecule has 0 saturated carbocycles. The summed E-state index contributed by atoms with van der Waals surface area (Å²) in [4.78, 5) is 11.5. The number of amides is 2. The predicted octanol–water partition coefficient (Wildman–Crippen LogP) is 4.97. The van der Waals surface area contributed by atoms with Crippen LogP contribution in [0, 0.1) is 0 Å². The van der Waals surface area contributed by atoms with Gasteiger partial charge < -0.3 is 0 Å². The molecule has 0 radical (unpaired) electrons. The van der Waals surface area contributed by atoms with Gasteiger partial charge in [-0.15, -0.1) is 0 Å². The molecule has 0 saturated heterocycles. The van der Waals surface area contributed by atoms with Gasteiger partial charge in [0.15, 0.2) is 0 Å². The molecule has 0 aliphatic rings. The molecule has 2 rings (SSSR count). The average molecular weight is 404 g/mol. The van der Waals surface area contributed by atoms with Crippen molar-refractivity contribution in [2.75, 3.05) is 0 Å². The molecule has 0 heterocycles. The van der Waals surface area contributed by atoms with E-state index in [9.17, 15) is 4.79 Å². The minimum atomic E-state index is -0.609. The molecule has 0 unspecified atom stereocenters. The van der Waals surface area contributed by atoms with Crippen molar-refractivity contribution in [2.45, 2.75) is 0 Å². The summed E-state index contributed by atoms with van der Waals surface area (Å²) in [5.41, 5.74) is 5.88. The Morgan fingerprint density at radius 1 is 0.750 bits per heavy atom. The molecule has 0 aliphatic heterocycles. The summed E-state index contributed by atoms with van der Waals surface area (Å²) in [6.45, 7) is 0. The predicted molar refractivity (Wildman–Crippen MR) is 99.8 cm³/mol. The Bertz CT molecular complexity index is 743. The van der Waals surface area contributed by atoms with E-state index in [1.807, 2.05) is 0 Å². The molecule has 0 aliphatic carbocycles. The normalized spacial score (nSPS) is 11.2. The number of halogens is 4. The van der Waals surface area contributed by atoms with Gasteiger partial charge in [-0.05, 0) is 35.4 Å². The molecule has 2 aromatic carbocycles. The van der Waals surface area contributed by atoms with Crippen LogP contribution in [-0.2, 0) is 0 Å². The number of rotatable bonds is 4. The van der Waals surface area contributed by atoms with Gasteiger partial charge in [0.05, 0.1) is 32.5 Å². The van der Waals surface area contributed by atoms with Gasteiger partial charge in [-0.25, -0.2) is 15.6 Å². The number of hydrazone groups is 2. The zero-order chi connectivity index (χ0) is 17.5. The Labute approximate surface area is 158 Å². The van der Waals surface area contributed by atoms with Crippen LogP contribution in [-0.4, -0.2) is 18.5 Å². The fourth-order valence-corrected chi connectivity index (χ4v) is 2.15. The summed E-state index contributed by atoms with van der Waals surface area (Å²) in [6.07, 6.45) is 2.84. The van der Waals surface area contributed by atoms with Crippen LogP contribution in [0.5, 0.6) is 0 Å². The maximum atomic E-state index is 11.5. The minimum absolute atomic E-state index is 0.399. The number of carbonyl (C=O) groups excluding carboxylic acids is 1. The van der Waals surface area contributed by atoms with Crippen molar-refractivity contribution in [2.24, 2.45) is 10.2 Å². The molecule has 0 spiro atoms. The van der Waals surface area contributed by atoms with Crippen molar-refractivity contribution in [1.82, 2.24) is 10.9 Å².